The van der Waals surface area contributed by atoms with Crippen molar-refractivity contribution in [3.05, 3.63) is 17.8 Å². The largest absolute Gasteiger partial charge is 0.468 e. The lowest BCUT2D eigenvalue weighted by atomic mass is 10.4. The highest BCUT2D eigenvalue weighted by Crippen LogP contribution is 2.20. The number of urea groups is 1. The Kier molecular flexibility index (Phi) is 2.74. The van der Waals surface area contributed by atoms with Gasteiger partial charge in [0.2, 0.25) is 5.89 Å². The molecule has 3 N–H and O–H groups in total. The summed E-state index contributed by atoms with van der Waals surface area (Å²) in [6.45, 7) is 1.52. The third kappa shape index (κ3) is 2.08. The van der Waals surface area contributed by atoms with Gasteiger partial charge in [-0.2, -0.15) is 0 Å². The van der Waals surface area contributed by atoms with Crippen LogP contribution in [0.1, 0.15) is 24.7 Å². The minimum absolute atomic E-state index is 0.00144. The molecule has 0 saturated heterocycles. The van der Waals surface area contributed by atoms with Crippen molar-refractivity contribution in [3.63, 3.8) is 0 Å². The molecule has 0 fully saturated rings. The molecule has 89 valence electrons. The number of primary amides is 1. The minimum Gasteiger partial charge on any atom is -0.437 e. The van der Waals surface area contributed by atoms with Gasteiger partial charge in [0.15, 0.2) is 18.5 Å². The van der Waals surface area contributed by atoms with E-state index in [9.17, 15) is 9.90 Å². The van der Waals surface area contributed by atoms with E-state index < -0.39 is 16.8 Å². The summed E-state index contributed by atoms with van der Waals surface area (Å²) in [6, 6.07) is -0.749. The first-order valence-electron chi connectivity index (χ1n) is 4.86. The van der Waals surface area contributed by atoms with Gasteiger partial charge in [0.25, 0.3) is 0 Å². The van der Waals surface area contributed by atoms with E-state index in [2.05, 4.69) is 21.4 Å². The van der Waals surface area contributed by atoms with Gasteiger partial charge in [0.1, 0.15) is 12.3 Å². The summed E-state index contributed by atoms with van der Waals surface area (Å²) in [5.41, 5.74) is 5.22. The van der Waals surface area contributed by atoms with Gasteiger partial charge >= 0.3 is 6.03 Å². The maximum atomic E-state index is 11.3. The van der Waals surface area contributed by atoms with Crippen LogP contribution in [-0.2, 0) is 6.54 Å². The van der Waals surface area contributed by atoms with E-state index in [1.807, 2.05) is 0 Å². The normalized spacial score (nSPS) is 18.5. The van der Waals surface area contributed by atoms with Crippen LogP contribution in [0.3, 0.4) is 0 Å². The molecule has 2 unspecified atom stereocenters. The fourth-order valence-corrected chi connectivity index (χ4v) is 1.33. The molecule has 1 aliphatic rings. The Balaban J connectivity index is 2.22. The van der Waals surface area contributed by atoms with Crippen molar-refractivity contribution in [1.29, 1.82) is 0 Å². The van der Waals surface area contributed by atoms with Crippen molar-refractivity contribution >= 4 is 18.5 Å². The highest BCUT2D eigenvalue weighted by molar-refractivity contribution is 6.16. The molecule has 1 radical (unpaired) electrons. The van der Waals surface area contributed by atoms with Gasteiger partial charge in [0, 0.05) is 4.70 Å². The maximum absolute atomic E-state index is 11.3. The van der Waals surface area contributed by atoms with Gasteiger partial charge in [0.05, 0.1) is 6.20 Å². The zero-order chi connectivity index (χ0) is 12.5. The van der Waals surface area contributed by atoms with Crippen molar-refractivity contribution in [2.75, 3.05) is 0 Å². The average Bonchev–Trinajstić information content (AvgIpc) is 2.88. The highest BCUT2D eigenvalue weighted by atomic mass is 16.4. The van der Waals surface area contributed by atoms with E-state index in [0.717, 1.165) is 0 Å². The van der Waals surface area contributed by atoms with Crippen LogP contribution in [-0.4, -0.2) is 33.3 Å². The van der Waals surface area contributed by atoms with Gasteiger partial charge in [-0.3, -0.25) is 0 Å². The first-order chi connectivity index (χ1) is 8.03. The van der Waals surface area contributed by atoms with Crippen LogP contribution in [0.15, 0.2) is 20.8 Å². The van der Waals surface area contributed by atoms with Crippen molar-refractivity contribution in [2.24, 2.45) is 15.9 Å². The number of aromatic nitrogens is 1. The molecule has 0 bridgehead atoms. The Hall–Kier alpha value is -2.06. The number of oxazole rings is 1. The number of nitrogens with zero attached hydrogens (tertiary/aromatic N) is 4. The smallest absolute Gasteiger partial charge is 0.437 e. The van der Waals surface area contributed by atoms with Crippen LogP contribution in [0.4, 0.5) is 4.79 Å². The molecule has 0 spiro atoms. The highest BCUT2D eigenvalue weighted by Gasteiger charge is 2.40. The summed E-state index contributed by atoms with van der Waals surface area (Å²) >= 11 is 0. The number of hydrogen-bond donors (Lipinski definition) is 2. The molecule has 1 aromatic rings. The van der Waals surface area contributed by atoms with E-state index in [-0.39, 0.29) is 12.4 Å². The molecule has 1 aromatic heterocycles. The van der Waals surface area contributed by atoms with Gasteiger partial charge in [-0.25, -0.2) is 9.78 Å². The SMILES string of the molecule is CC(O)c1ncc(C[N+]2(C(N)=O)N=[C]C=N2)o1. The number of hydrogen-bond acceptors (Lipinski definition) is 6. The van der Waals surface area contributed by atoms with Crippen LogP contribution in [0, 0.1) is 0 Å². The van der Waals surface area contributed by atoms with Gasteiger partial charge in [-0.1, -0.05) is 0 Å². The summed E-state index contributed by atoms with van der Waals surface area (Å²) in [5, 5.41) is 16.8. The molecule has 1 aliphatic heterocycles. The first-order valence-corrected chi connectivity index (χ1v) is 4.86. The Morgan fingerprint density at radius 1 is 1.76 bits per heavy atom. The average molecular weight is 237 g/mol. The Morgan fingerprint density at radius 3 is 3.00 bits per heavy atom. The fraction of sp³-hybridized carbons (Fsp3) is 0.333. The molecule has 2 atom stereocenters. The number of rotatable bonds is 3. The third-order valence-corrected chi connectivity index (χ3v) is 2.19. The minimum atomic E-state index is -0.817. The van der Waals surface area contributed by atoms with Crippen molar-refractivity contribution < 1.29 is 19.0 Å². The first kappa shape index (κ1) is 11.4. The second-order valence-corrected chi connectivity index (χ2v) is 3.54. The molecule has 8 heteroatoms. The summed E-state index contributed by atoms with van der Waals surface area (Å²) in [7, 11) is 0. The summed E-state index contributed by atoms with van der Waals surface area (Å²) in [4.78, 5) is 15.2. The summed E-state index contributed by atoms with van der Waals surface area (Å²) in [5.74, 6) is 0.517. The molecule has 2 rings (SSSR count). The van der Waals surface area contributed by atoms with Crippen LogP contribution < -0.4 is 5.73 Å². The zero-order valence-electron chi connectivity index (χ0n) is 9.07. The molecule has 0 aromatic carbocycles. The second kappa shape index (κ2) is 4.07. The predicted octanol–water partition coefficient (Wildman–Crippen LogP) is -0.0144. The van der Waals surface area contributed by atoms with E-state index in [4.69, 9.17) is 10.2 Å². The van der Waals surface area contributed by atoms with Gasteiger partial charge in [-0.05, 0) is 17.1 Å². The predicted molar refractivity (Wildman–Crippen MR) is 56.6 cm³/mol. The number of nitrogens with two attached hydrogens (primary N) is 1. The summed E-state index contributed by atoms with van der Waals surface area (Å²) < 4.78 is 4.55. The molecular weight excluding hydrogens is 226 g/mol. The van der Waals surface area contributed by atoms with Crippen LogP contribution in [0.5, 0.6) is 0 Å². The van der Waals surface area contributed by atoms with Gasteiger partial charge < -0.3 is 15.3 Å². The number of aliphatic hydroxyl groups is 1. The quantitative estimate of drug-likeness (QED) is 0.719. The number of quaternary nitrogens is 1. The molecule has 0 saturated carbocycles. The fourth-order valence-electron chi connectivity index (χ4n) is 1.33. The monoisotopic (exact) mass is 237 g/mol. The Bertz CT molecular complexity index is 479. The number of aliphatic hydroxyl groups excluding tert-OH is 1. The van der Waals surface area contributed by atoms with Crippen LogP contribution in [0.25, 0.3) is 0 Å². The number of amides is 2. The molecule has 8 nitrogen and oxygen atoms in total. The number of carbonyl (C=O) groups is 1. The topological polar surface area (TPSA) is 114 Å². The van der Waals surface area contributed by atoms with E-state index in [0.29, 0.717) is 5.76 Å². The van der Waals surface area contributed by atoms with Crippen LogP contribution >= 0.6 is 0 Å². The molecule has 17 heavy (non-hydrogen) atoms. The summed E-state index contributed by atoms with van der Waals surface area (Å²) in [6.07, 6.45) is 4.28. The molecular formula is C9H11N5O3+. The molecule has 2 amide bonds. The van der Waals surface area contributed by atoms with E-state index in [1.54, 1.807) is 0 Å². The Morgan fingerprint density at radius 2 is 2.53 bits per heavy atom. The lowest BCUT2D eigenvalue weighted by Crippen LogP contribution is -2.45. The second-order valence-electron chi connectivity index (χ2n) is 3.54. The molecule has 2 heterocycles. The van der Waals surface area contributed by atoms with Crippen LogP contribution in [0.2, 0.25) is 0 Å². The van der Waals surface area contributed by atoms with Gasteiger partial charge in [-0.15, -0.1) is 0 Å². The number of carbonyl (C=O) groups excluding carboxylic acids is 1. The zero-order valence-corrected chi connectivity index (χ0v) is 9.07. The lowest BCUT2D eigenvalue weighted by Gasteiger charge is -2.15. The van der Waals surface area contributed by atoms with Crippen molar-refractivity contribution in [3.8, 4) is 0 Å². The van der Waals surface area contributed by atoms with E-state index in [1.165, 1.54) is 19.3 Å². The van der Waals surface area contributed by atoms with Crippen molar-refractivity contribution in [2.45, 2.75) is 19.6 Å². The standard InChI is InChI=1S/C9H10N5O3/c1-6(15)8-11-4-7(17-8)5-14(9(10)16)12-2-3-13-14/h2,4,6,15H,5H2,1H3,(H-,10,16)/p+1. The van der Waals surface area contributed by atoms with Crippen molar-refractivity contribution in [1.82, 2.24) is 4.98 Å². The molecule has 0 aliphatic carbocycles. The lowest BCUT2D eigenvalue weighted by molar-refractivity contribution is -0.874. The van der Waals surface area contributed by atoms with E-state index >= 15 is 0 Å². The Labute approximate surface area is 96.6 Å². The maximum Gasteiger partial charge on any atom is 0.468 e. The third-order valence-electron chi connectivity index (χ3n) is 2.19.